The number of ketones is 1. The number of Topliss-reactive ketones (excluding diaryl/α,β-unsaturated/α-hetero) is 1. The van der Waals surface area contributed by atoms with Crippen LogP contribution in [0.25, 0.3) is 10.8 Å². The molecule has 3 aromatic rings. The zero-order valence-corrected chi connectivity index (χ0v) is 13.2. The van der Waals surface area contributed by atoms with E-state index in [-0.39, 0.29) is 19.2 Å². The van der Waals surface area contributed by atoms with Crippen molar-refractivity contribution in [2.24, 2.45) is 0 Å². The number of hydrogen-bond acceptors (Lipinski definition) is 5. The lowest BCUT2D eigenvalue weighted by Gasteiger charge is -2.06. The van der Waals surface area contributed by atoms with Crippen LogP contribution in [0, 0.1) is 0 Å². The van der Waals surface area contributed by atoms with E-state index < -0.39 is 5.97 Å². The molecule has 0 unspecified atom stereocenters. The van der Waals surface area contributed by atoms with Gasteiger partial charge >= 0.3 is 5.97 Å². The minimum absolute atomic E-state index is 0.133. The maximum atomic E-state index is 12.3. The molecule has 1 aliphatic rings. The molecule has 124 valence electrons. The largest absolute Gasteiger partial charge is 0.454 e. The van der Waals surface area contributed by atoms with Gasteiger partial charge in [0, 0.05) is 5.56 Å². The van der Waals surface area contributed by atoms with Crippen molar-refractivity contribution < 1.29 is 23.8 Å². The summed E-state index contributed by atoms with van der Waals surface area (Å²) >= 11 is 0. The SMILES string of the molecule is O=C(COC(=O)c1ccc2c(c1)OCO2)c1ccc2ccccc2c1. The second kappa shape index (κ2) is 6.28. The molecular formula is C20H14O5. The van der Waals surface area contributed by atoms with Crippen molar-refractivity contribution >= 4 is 22.5 Å². The second-order valence-electron chi connectivity index (χ2n) is 5.63. The number of fused-ring (bicyclic) bond motifs is 2. The molecule has 1 heterocycles. The molecule has 5 heteroatoms. The number of carbonyl (C=O) groups excluding carboxylic acids is 2. The first-order valence-corrected chi connectivity index (χ1v) is 7.79. The van der Waals surface area contributed by atoms with Crippen LogP contribution in [-0.2, 0) is 4.74 Å². The van der Waals surface area contributed by atoms with Crippen LogP contribution in [0.1, 0.15) is 20.7 Å². The predicted molar refractivity (Wildman–Crippen MR) is 91.1 cm³/mol. The third-order valence-electron chi connectivity index (χ3n) is 4.01. The highest BCUT2D eigenvalue weighted by Gasteiger charge is 2.18. The van der Waals surface area contributed by atoms with Crippen molar-refractivity contribution in [2.75, 3.05) is 13.4 Å². The highest BCUT2D eigenvalue weighted by molar-refractivity contribution is 6.02. The van der Waals surface area contributed by atoms with Gasteiger partial charge in [0.1, 0.15) is 0 Å². The van der Waals surface area contributed by atoms with E-state index in [0.717, 1.165) is 10.8 Å². The molecule has 3 aromatic carbocycles. The Morgan fingerprint density at radius 3 is 2.48 bits per heavy atom. The smallest absolute Gasteiger partial charge is 0.338 e. The Kier molecular flexibility index (Phi) is 3.82. The van der Waals surface area contributed by atoms with Crippen LogP contribution in [0.5, 0.6) is 11.5 Å². The van der Waals surface area contributed by atoms with E-state index in [2.05, 4.69) is 0 Å². The fourth-order valence-corrected chi connectivity index (χ4v) is 2.68. The van der Waals surface area contributed by atoms with E-state index in [1.54, 1.807) is 30.3 Å². The van der Waals surface area contributed by atoms with Crippen molar-refractivity contribution in [1.29, 1.82) is 0 Å². The summed E-state index contributed by atoms with van der Waals surface area (Å²) in [5.41, 5.74) is 0.827. The van der Waals surface area contributed by atoms with Crippen LogP contribution >= 0.6 is 0 Å². The molecule has 0 radical (unpaired) electrons. The van der Waals surface area contributed by atoms with Gasteiger partial charge in [-0.1, -0.05) is 36.4 Å². The fourth-order valence-electron chi connectivity index (χ4n) is 2.68. The molecule has 0 spiro atoms. The number of carbonyl (C=O) groups is 2. The Morgan fingerprint density at radius 2 is 1.60 bits per heavy atom. The number of rotatable bonds is 4. The minimum atomic E-state index is -0.576. The molecular weight excluding hydrogens is 320 g/mol. The first-order chi connectivity index (χ1) is 12.2. The summed E-state index contributed by atoms with van der Waals surface area (Å²) in [5, 5.41) is 2.02. The molecule has 0 N–H and O–H groups in total. The molecule has 1 aliphatic heterocycles. The lowest BCUT2D eigenvalue weighted by atomic mass is 10.0. The lowest BCUT2D eigenvalue weighted by Crippen LogP contribution is -2.14. The molecule has 0 fully saturated rings. The summed E-state index contributed by atoms with van der Waals surface area (Å²) in [6.45, 7) is -0.181. The first kappa shape index (κ1) is 15.2. The van der Waals surface area contributed by atoms with Gasteiger partial charge in [0.25, 0.3) is 0 Å². The van der Waals surface area contributed by atoms with E-state index >= 15 is 0 Å². The Hall–Kier alpha value is -3.34. The van der Waals surface area contributed by atoms with Gasteiger partial charge in [-0.25, -0.2) is 4.79 Å². The van der Waals surface area contributed by atoms with Crippen molar-refractivity contribution in [3.05, 3.63) is 71.8 Å². The van der Waals surface area contributed by atoms with E-state index in [1.807, 2.05) is 30.3 Å². The maximum Gasteiger partial charge on any atom is 0.338 e. The van der Waals surface area contributed by atoms with Gasteiger partial charge in [-0.15, -0.1) is 0 Å². The zero-order valence-electron chi connectivity index (χ0n) is 13.2. The molecule has 0 aromatic heterocycles. The molecule has 0 atom stereocenters. The van der Waals surface area contributed by atoms with Crippen molar-refractivity contribution in [3.8, 4) is 11.5 Å². The molecule has 0 saturated carbocycles. The number of ether oxygens (including phenoxy) is 3. The van der Waals surface area contributed by atoms with Gasteiger partial charge < -0.3 is 14.2 Å². The van der Waals surface area contributed by atoms with E-state index in [4.69, 9.17) is 14.2 Å². The number of benzene rings is 3. The zero-order chi connectivity index (χ0) is 17.2. The minimum Gasteiger partial charge on any atom is -0.454 e. The van der Waals surface area contributed by atoms with Gasteiger partial charge in [0.2, 0.25) is 6.79 Å². The average molecular weight is 334 g/mol. The van der Waals surface area contributed by atoms with Gasteiger partial charge in [-0.3, -0.25) is 4.79 Å². The predicted octanol–water partition coefficient (Wildman–Crippen LogP) is 3.61. The Bertz CT molecular complexity index is 977. The molecule has 5 nitrogen and oxygen atoms in total. The molecule has 0 bridgehead atoms. The fraction of sp³-hybridized carbons (Fsp3) is 0.100. The van der Waals surface area contributed by atoms with Crippen LogP contribution in [0.2, 0.25) is 0 Å². The Balaban J connectivity index is 1.44. The summed E-state index contributed by atoms with van der Waals surface area (Å²) < 4.78 is 15.6. The highest BCUT2D eigenvalue weighted by atomic mass is 16.7. The molecule has 0 aliphatic carbocycles. The van der Waals surface area contributed by atoms with Crippen LogP contribution in [0.3, 0.4) is 0 Å². The van der Waals surface area contributed by atoms with E-state index in [0.29, 0.717) is 22.6 Å². The summed E-state index contributed by atoms with van der Waals surface area (Å²) in [5.74, 6) is 0.256. The standard InChI is InChI=1S/C20H14O5/c21-17(15-6-5-13-3-1-2-4-14(13)9-15)11-23-20(22)16-7-8-18-19(10-16)25-12-24-18/h1-10H,11-12H2. The summed E-state index contributed by atoms with van der Waals surface area (Å²) in [6.07, 6.45) is 0. The number of hydrogen-bond donors (Lipinski definition) is 0. The van der Waals surface area contributed by atoms with Crippen LogP contribution in [0.4, 0.5) is 0 Å². The van der Waals surface area contributed by atoms with Gasteiger partial charge in [0.15, 0.2) is 23.9 Å². The quantitative estimate of drug-likeness (QED) is 0.539. The summed E-state index contributed by atoms with van der Waals surface area (Å²) in [4.78, 5) is 24.4. The number of esters is 1. The molecule has 0 amide bonds. The molecule has 0 saturated heterocycles. The van der Waals surface area contributed by atoms with Gasteiger partial charge in [-0.2, -0.15) is 0 Å². The van der Waals surface area contributed by atoms with Crippen molar-refractivity contribution in [2.45, 2.75) is 0 Å². The first-order valence-electron chi connectivity index (χ1n) is 7.79. The van der Waals surface area contributed by atoms with Crippen LogP contribution in [0.15, 0.2) is 60.7 Å². The Morgan fingerprint density at radius 1 is 0.840 bits per heavy atom. The normalized spacial score (nSPS) is 12.2. The van der Waals surface area contributed by atoms with E-state index in [1.165, 1.54) is 0 Å². The Labute approximate surface area is 143 Å². The summed E-state index contributed by atoms with van der Waals surface area (Å²) in [6, 6.07) is 17.9. The third kappa shape index (κ3) is 3.04. The van der Waals surface area contributed by atoms with Crippen molar-refractivity contribution in [3.63, 3.8) is 0 Å². The lowest BCUT2D eigenvalue weighted by molar-refractivity contribution is 0.0474. The average Bonchev–Trinajstić information content (AvgIpc) is 3.13. The topological polar surface area (TPSA) is 61.8 Å². The second-order valence-corrected chi connectivity index (χ2v) is 5.63. The monoisotopic (exact) mass is 334 g/mol. The maximum absolute atomic E-state index is 12.3. The van der Waals surface area contributed by atoms with Gasteiger partial charge in [-0.05, 0) is 35.0 Å². The highest BCUT2D eigenvalue weighted by Crippen LogP contribution is 2.32. The van der Waals surface area contributed by atoms with Crippen LogP contribution in [-0.4, -0.2) is 25.2 Å². The third-order valence-corrected chi connectivity index (χ3v) is 4.01. The summed E-state index contributed by atoms with van der Waals surface area (Å²) in [7, 11) is 0. The molecule has 4 rings (SSSR count). The molecule has 25 heavy (non-hydrogen) atoms. The van der Waals surface area contributed by atoms with Crippen molar-refractivity contribution in [1.82, 2.24) is 0 Å². The van der Waals surface area contributed by atoms with Gasteiger partial charge in [0.05, 0.1) is 5.56 Å². The van der Waals surface area contributed by atoms with Crippen LogP contribution < -0.4 is 9.47 Å². The van der Waals surface area contributed by atoms with E-state index in [9.17, 15) is 9.59 Å².